The second kappa shape index (κ2) is 6.87. The number of hydrazine groups is 1. The Morgan fingerprint density at radius 2 is 2.00 bits per heavy atom. The molecule has 1 aromatic rings. The fraction of sp³-hybridized carbons (Fsp3) is 0.600. The standard InChI is InChI=1S/C15H23N3O3/c1-10-5-11(2)7-13(6-10)21-9-12-3-4-14(17-16)15(8-12)18(19)20/h3-4,8,10-11,13,17H,5-7,9,16H2,1-2H3. The van der Waals surface area contributed by atoms with E-state index in [1.54, 1.807) is 12.1 Å². The van der Waals surface area contributed by atoms with Gasteiger partial charge in [0.25, 0.3) is 5.69 Å². The molecule has 1 fully saturated rings. The number of nitro benzene ring substituents is 1. The highest BCUT2D eigenvalue weighted by molar-refractivity contribution is 5.61. The van der Waals surface area contributed by atoms with Crippen molar-refractivity contribution in [1.82, 2.24) is 0 Å². The van der Waals surface area contributed by atoms with E-state index in [1.165, 1.54) is 12.5 Å². The first kappa shape index (κ1) is 15.7. The highest BCUT2D eigenvalue weighted by Gasteiger charge is 2.24. The summed E-state index contributed by atoms with van der Waals surface area (Å²) in [5.41, 5.74) is 3.42. The number of rotatable bonds is 5. The van der Waals surface area contributed by atoms with Crippen molar-refractivity contribution in [1.29, 1.82) is 0 Å². The summed E-state index contributed by atoms with van der Waals surface area (Å²) in [7, 11) is 0. The van der Waals surface area contributed by atoms with Gasteiger partial charge in [-0.2, -0.15) is 0 Å². The number of hydrogen-bond donors (Lipinski definition) is 2. The van der Waals surface area contributed by atoms with E-state index in [1.807, 2.05) is 0 Å². The van der Waals surface area contributed by atoms with Crippen molar-refractivity contribution in [2.45, 2.75) is 45.8 Å². The van der Waals surface area contributed by atoms with Crippen molar-refractivity contribution in [3.63, 3.8) is 0 Å². The van der Waals surface area contributed by atoms with Gasteiger partial charge >= 0.3 is 0 Å². The Hall–Kier alpha value is -1.66. The zero-order chi connectivity index (χ0) is 15.4. The lowest BCUT2D eigenvalue weighted by Crippen LogP contribution is -2.26. The molecule has 2 atom stereocenters. The zero-order valence-corrected chi connectivity index (χ0v) is 12.5. The molecule has 3 N–H and O–H groups in total. The summed E-state index contributed by atoms with van der Waals surface area (Å²) < 4.78 is 5.94. The molecule has 0 aliphatic heterocycles. The van der Waals surface area contributed by atoms with Gasteiger partial charge in [0.1, 0.15) is 5.69 Å². The lowest BCUT2D eigenvalue weighted by molar-refractivity contribution is -0.384. The Balaban J connectivity index is 2.00. The third-order valence-corrected chi connectivity index (χ3v) is 4.04. The van der Waals surface area contributed by atoms with Crippen molar-refractivity contribution in [2.24, 2.45) is 17.7 Å². The van der Waals surface area contributed by atoms with E-state index >= 15 is 0 Å². The molecule has 2 rings (SSSR count). The van der Waals surface area contributed by atoms with Crippen LogP contribution in [0, 0.1) is 22.0 Å². The first-order valence-corrected chi connectivity index (χ1v) is 7.35. The molecule has 6 nitrogen and oxygen atoms in total. The maximum absolute atomic E-state index is 11.0. The monoisotopic (exact) mass is 293 g/mol. The number of benzene rings is 1. The summed E-state index contributed by atoms with van der Waals surface area (Å²) in [5.74, 6) is 6.63. The summed E-state index contributed by atoms with van der Waals surface area (Å²) in [4.78, 5) is 10.6. The first-order chi connectivity index (χ1) is 9.99. The minimum Gasteiger partial charge on any atom is -0.374 e. The van der Waals surface area contributed by atoms with Crippen LogP contribution < -0.4 is 11.3 Å². The Labute approximate surface area is 124 Å². The Kier molecular flexibility index (Phi) is 5.14. The second-order valence-corrected chi connectivity index (χ2v) is 6.10. The zero-order valence-electron chi connectivity index (χ0n) is 12.5. The van der Waals surface area contributed by atoms with Crippen LogP contribution >= 0.6 is 0 Å². The van der Waals surface area contributed by atoms with Crippen molar-refractivity contribution in [2.75, 3.05) is 5.43 Å². The number of anilines is 1. The third kappa shape index (κ3) is 4.15. The summed E-state index contributed by atoms with van der Waals surface area (Å²) in [6.07, 6.45) is 3.63. The molecule has 0 spiro atoms. The van der Waals surface area contributed by atoms with Crippen molar-refractivity contribution in [3.05, 3.63) is 33.9 Å². The molecule has 0 radical (unpaired) electrons. The highest BCUT2D eigenvalue weighted by Crippen LogP contribution is 2.31. The average molecular weight is 293 g/mol. The molecule has 21 heavy (non-hydrogen) atoms. The predicted octanol–water partition coefficient (Wildman–Crippen LogP) is 3.22. The quantitative estimate of drug-likeness (QED) is 0.494. The predicted molar refractivity (Wildman–Crippen MR) is 81.7 cm³/mol. The Morgan fingerprint density at radius 1 is 1.33 bits per heavy atom. The number of nitrogens with zero attached hydrogens (tertiary/aromatic N) is 1. The number of nitrogens with one attached hydrogen (secondary N) is 1. The van der Waals surface area contributed by atoms with E-state index in [9.17, 15) is 10.1 Å². The van der Waals surface area contributed by atoms with Crippen LogP contribution in [0.25, 0.3) is 0 Å². The smallest absolute Gasteiger partial charge is 0.294 e. The van der Waals surface area contributed by atoms with Gasteiger partial charge in [0.2, 0.25) is 0 Å². The van der Waals surface area contributed by atoms with Gasteiger partial charge < -0.3 is 10.2 Å². The lowest BCUT2D eigenvalue weighted by Gasteiger charge is -2.31. The molecule has 1 aliphatic carbocycles. The molecular weight excluding hydrogens is 270 g/mol. The SMILES string of the molecule is CC1CC(C)CC(OCc2ccc(NN)c([N+](=O)[O-])c2)C1. The van der Waals surface area contributed by atoms with E-state index < -0.39 is 4.92 Å². The van der Waals surface area contributed by atoms with Crippen LogP contribution in [0.1, 0.15) is 38.7 Å². The molecular formula is C15H23N3O3. The van der Waals surface area contributed by atoms with E-state index in [2.05, 4.69) is 19.3 Å². The van der Waals surface area contributed by atoms with Crippen LogP contribution in [0.15, 0.2) is 18.2 Å². The van der Waals surface area contributed by atoms with E-state index in [0.29, 0.717) is 24.1 Å². The van der Waals surface area contributed by atoms with Gasteiger partial charge in [-0.05, 0) is 42.7 Å². The molecule has 0 bridgehead atoms. The van der Waals surface area contributed by atoms with Crippen LogP contribution in [0.4, 0.5) is 11.4 Å². The average Bonchev–Trinajstić information content (AvgIpc) is 2.43. The fourth-order valence-corrected chi connectivity index (χ4v) is 3.16. The molecule has 2 unspecified atom stereocenters. The first-order valence-electron chi connectivity index (χ1n) is 7.35. The molecule has 1 aromatic carbocycles. The molecule has 1 saturated carbocycles. The molecule has 1 aliphatic rings. The summed E-state index contributed by atoms with van der Waals surface area (Å²) in [6, 6.07) is 4.94. The second-order valence-electron chi connectivity index (χ2n) is 6.10. The maximum Gasteiger partial charge on any atom is 0.294 e. The highest BCUT2D eigenvalue weighted by atomic mass is 16.6. The summed E-state index contributed by atoms with van der Waals surface area (Å²) in [6.45, 7) is 4.90. The van der Waals surface area contributed by atoms with E-state index in [0.717, 1.165) is 18.4 Å². The topological polar surface area (TPSA) is 90.4 Å². The van der Waals surface area contributed by atoms with Crippen molar-refractivity contribution in [3.8, 4) is 0 Å². The largest absolute Gasteiger partial charge is 0.374 e. The van der Waals surface area contributed by atoms with Gasteiger partial charge in [0, 0.05) is 6.07 Å². The van der Waals surface area contributed by atoms with Crippen LogP contribution in [-0.2, 0) is 11.3 Å². The lowest BCUT2D eigenvalue weighted by atomic mass is 9.82. The molecule has 0 amide bonds. The number of nitrogen functional groups attached to an aromatic ring is 1. The van der Waals surface area contributed by atoms with Crippen LogP contribution in [-0.4, -0.2) is 11.0 Å². The molecule has 6 heteroatoms. The van der Waals surface area contributed by atoms with Crippen molar-refractivity contribution >= 4 is 11.4 Å². The Bertz CT molecular complexity index is 497. The van der Waals surface area contributed by atoms with E-state index in [-0.39, 0.29) is 11.8 Å². The molecule has 0 saturated heterocycles. The van der Waals surface area contributed by atoms with Crippen LogP contribution in [0.3, 0.4) is 0 Å². The third-order valence-electron chi connectivity index (χ3n) is 4.04. The minimum atomic E-state index is -0.441. The van der Waals surface area contributed by atoms with Gasteiger partial charge in [0.15, 0.2) is 0 Å². The summed E-state index contributed by atoms with van der Waals surface area (Å²) >= 11 is 0. The molecule has 0 aromatic heterocycles. The number of nitro groups is 1. The van der Waals surface area contributed by atoms with Crippen LogP contribution in [0.5, 0.6) is 0 Å². The number of hydrogen-bond acceptors (Lipinski definition) is 5. The van der Waals surface area contributed by atoms with Gasteiger partial charge in [-0.25, -0.2) is 0 Å². The minimum absolute atomic E-state index is 0.0241. The van der Waals surface area contributed by atoms with Gasteiger partial charge in [-0.3, -0.25) is 16.0 Å². The number of ether oxygens (including phenoxy) is 1. The van der Waals surface area contributed by atoms with Gasteiger partial charge in [-0.15, -0.1) is 0 Å². The van der Waals surface area contributed by atoms with E-state index in [4.69, 9.17) is 10.6 Å². The molecule has 0 heterocycles. The number of nitrogens with two attached hydrogens (primary N) is 1. The fourth-order valence-electron chi connectivity index (χ4n) is 3.16. The normalized spacial score (nSPS) is 25.6. The molecule has 116 valence electrons. The summed E-state index contributed by atoms with van der Waals surface area (Å²) in [5, 5.41) is 11.0. The van der Waals surface area contributed by atoms with Gasteiger partial charge in [-0.1, -0.05) is 19.9 Å². The maximum atomic E-state index is 11.0. The Morgan fingerprint density at radius 3 is 2.57 bits per heavy atom. The van der Waals surface area contributed by atoms with Crippen LogP contribution in [0.2, 0.25) is 0 Å². The van der Waals surface area contributed by atoms with Crippen molar-refractivity contribution < 1.29 is 9.66 Å². The van der Waals surface area contributed by atoms with Gasteiger partial charge in [0.05, 0.1) is 17.6 Å².